The van der Waals surface area contributed by atoms with Gasteiger partial charge in [0.05, 0.1) is 16.9 Å². The lowest BCUT2D eigenvalue weighted by molar-refractivity contribution is -0.136. The molecule has 1 aromatic heterocycles. The minimum absolute atomic E-state index is 0.275. The van der Waals surface area contributed by atoms with Crippen LogP contribution in [0.1, 0.15) is 23.4 Å². The number of aromatic nitrogens is 1. The Labute approximate surface area is 130 Å². The summed E-state index contributed by atoms with van der Waals surface area (Å²) in [4.78, 5) is 11.7. The van der Waals surface area contributed by atoms with Crippen LogP contribution in [0, 0.1) is 6.92 Å². The Balaban J connectivity index is 1.81. The van der Waals surface area contributed by atoms with Crippen molar-refractivity contribution in [2.45, 2.75) is 25.9 Å². The molecule has 124 valence electrons. The predicted molar refractivity (Wildman–Crippen MR) is 78.0 cm³/mol. The van der Waals surface area contributed by atoms with Crippen molar-refractivity contribution in [2.24, 2.45) is 0 Å². The summed E-state index contributed by atoms with van der Waals surface area (Å²) in [5.74, 6) is 0.701. The number of urea groups is 1. The first kappa shape index (κ1) is 16.9. The molecule has 0 spiro atoms. The van der Waals surface area contributed by atoms with Gasteiger partial charge in [0.15, 0.2) is 0 Å². The summed E-state index contributed by atoms with van der Waals surface area (Å²) in [7, 11) is 0. The maximum absolute atomic E-state index is 12.8. The molecule has 0 saturated heterocycles. The van der Waals surface area contributed by atoms with E-state index in [2.05, 4.69) is 15.8 Å². The Hall–Kier alpha value is -2.51. The lowest BCUT2D eigenvalue weighted by atomic mass is 10.1. The zero-order chi connectivity index (χ0) is 16.9. The summed E-state index contributed by atoms with van der Waals surface area (Å²) in [6.07, 6.45) is -3.35. The lowest BCUT2D eigenvalue weighted by Crippen LogP contribution is -2.30. The third-order valence-electron chi connectivity index (χ3n) is 3.04. The molecule has 2 aromatic rings. The van der Waals surface area contributed by atoms with Crippen LogP contribution < -0.4 is 10.6 Å². The molecule has 2 amide bonds. The van der Waals surface area contributed by atoms with E-state index in [1.807, 2.05) is 0 Å². The Bertz CT molecular complexity index is 668. The van der Waals surface area contributed by atoms with Gasteiger partial charge in [-0.25, -0.2) is 4.79 Å². The van der Waals surface area contributed by atoms with Gasteiger partial charge in [-0.1, -0.05) is 17.3 Å². The monoisotopic (exact) mass is 327 g/mol. The average Bonchev–Trinajstić information content (AvgIpc) is 2.89. The fourth-order valence-corrected chi connectivity index (χ4v) is 2.00. The molecule has 0 aliphatic heterocycles. The molecule has 0 bridgehead atoms. The molecule has 0 saturated carbocycles. The zero-order valence-electron chi connectivity index (χ0n) is 12.4. The van der Waals surface area contributed by atoms with Crippen LogP contribution in [0.3, 0.4) is 0 Å². The van der Waals surface area contributed by atoms with E-state index in [1.165, 1.54) is 18.2 Å². The minimum Gasteiger partial charge on any atom is -0.361 e. The SMILES string of the molecule is Cc1cc(CCCNC(=O)Nc2ccccc2C(F)(F)F)on1. The number of amides is 2. The van der Waals surface area contributed by atoms with E-state index in [-0.39, 0.29) is 5.69 Å². The molecule has 1 heterocycles. The smallest absolute Gasteiger partial charge is 0.361 e. The fraction of sp³-hybridized carbons (Fsp3) is 0.333. The topological polar surface area (TPSA) is 67.2 Å². The zero-order valence-corrected chi connectivity index (χ0v) is 12.4. The molecule has 0 radical (unpaired) electrons. The quantitative estimate of drug-likeness (QED) is 0.822. The normalized spacial score (nSPS) is 11.3. The maximum Gasteiger partial charge on any atom is 0.418 e. The van der Waals surface area contributed by atoms with Crippen LogP contribution in [0.25, 0.3) is 0 Å². The van der Waals surface area contributed by atoms with Gasteiger partial charge >= 0.3 is 12.2 Å². The van der Waals surface area contributed by atoms with Crippen LogP contribution in [0.4, 0.5) is 23.7 Å². The van der Waals surface area contributed by atoms with Gasteiger partial charge in [0, 0.05) is 19.0 Å². The molecule has 1 aromatic carbocycles. The highest BCUT2D eigenvalue weighted by Crippen LogP contribution is 2.34. The molecule has 23 heavy (non-hydrogen) atoms. The molecular formula is C15H16F3N3O2. The van der Waals surface area contributed by atoms with Gasteiger partial charge in [-0.3, -0.25) is 0 Å². The summed E-state index contributed by atoms with van der Waals surface area (Å²) in [5, 5.41) is 8.46. The highest BCUT2D eigenvalue weighted by atomic mass is 19.4. The Morgan fingerprint density at radius 1 is 1.30 bits per heavy atom. The van der Waals surface area contributed by atoms with Gasteiger partial charge in [0.25, 0.3) is 0 Å². The summed E-state index contributed by atoms with van der Waals surface area (Å²) in [6, 6.07) is 5.93. The molecule has 0 unspecified atom stereocenters. The molecule has 0 atom stereocenters. The highest BCUT2D eigenvalue weighted by molar-refractivity contribution is 5.90. The van der Waals surface area contributed by atoms with Crippen LogP contribution in [0.2, 0.25) is 0 Å². The first-order valence-corrected chi connectivity index (χ1v) is 6.99. The number of hydrogen-bond donors (Lipinski definition) is 2. The number of nitrogens with one attached hydrogen (secondary N) is 2. The second-order valence-electron chi connectivity index (χ2n) is 4.96. The van der Waals surface area contributed by atoms with Gasteiger partial charge in [-0.05, 0) is 25.5 Å². The van der Waals surface area contributed by atoms with Crippen molar-refractivity contribution < 1.29 is 22.5 Å². The summed E-state index contributed by atoms with van der Waals surface area (Å²) < 4.78 is 43.4. The third-order valence-corrected chi connectivity index (χ3v) is 3.04. The molecule has 0 fully saturated rings. The van der Waals surface area contributed by atoms with E-state index in [0.717, 1.165) is 11.8 Å². The number of para-hydroxylation sites is 1. The van der Waals surface area contributed by atoms with Gasteiger partial charge in [0.2, 0.25) is 0 Å². The number of carbonyl (C=O) groups is 1. The van der Waals surface area contributed by atoms with E-state index in [0.29, 0.717) is 25.1 Å². The summed E-state index contributed by atoms with van der Waals surface area (Å²) >= 11 is 0. The summed E-state index contributed by atoms with van der Waals surface area (Å²) in [5.41, 5.74) is -0.384. The lowest BCUT2D eigenvalue weighted by Gasteiger charge is -2.13. The number of nitrogens with zero attached hydrogens (tertiary/aromatic N) is 1. The van der Waals surface area contributed by atoms with Crippen LogP contribution in [-0.4, -0.2) is 17.7 Å². The number of anilines is 1. The molecule has 8 heteroatoms. The van der Waals surface area contributed by atoms with Crippen LogP contribution in [0.5, 0.6) is 0 Å². The standard InChI is InChI=1S/C15H16F3N3O2/c1-10-9-11(23-21-10)5-4-8-19-14(22)20-13-7-3-2-6-12(13)15(16,17)18/h2-3,6-7,9H,4-5,8H2,1H3,(H2,19,20,22). The second-order valence-corrected chi connectivity index (χ2v) is 4.96. The second kappa shape index (κ2) is 7.17. The number of halogens is 3. The van der Waals surface area contributed by atoms with Crippen molar-refractivity contribution >= 4 is 11.7 Å². The molecule has 0 aliphatic rings. The largest absolute Gasteiger partial charge is 0.418 e. The van der Waals surface area contributed by atoms with E-state index in [1.54, 1.807) is 13.0 Å². The molecule has 0 aliphatic carbocycles. The van der Waals surface area contributed by atoms with Crippen molar-refractivity contribution in [3.05, 3.63) is 47.3 Å². The fourth-order valence-electron chi connectivity index (χ4n) is 2.00. The Morgan fingerprint density at radius 3 is 2.70 bits per heavy atom. The number of benzene rings is 1. The average molecular weight is 327 g/mol. The Kier molecular flexibility index (Phi) is 5.25. The predicted octanol–water partition coefficient (Wildman–Crippen LogP) is 3.76. The number of aryl methyl sites for hydroxylation is 2. The van der Waals surface area contributed by atoms with E-state index in [4.69, 9.17) is 4.52 Å². The Morgan fingerprint density at radius 2 is 2.04 bits per heavy atom. The maximum atomic E-state index is 12.8. The first-order valence-electron chi connectivity index (χ1n) is 6.99. The van der Waals surface area contributed by atoms with Gasteiger partial charge < -0.3 is 15.2 Å². The van der Waals surface area contributed by atoms with Crippen molar-refractivity contribution in [2.75, 3.05) is 11.9 Å². The van der Waals surface area contributed by atoms with Crippen molar-refractivity contribution in [1.29, 1.82) is 0 Å². The molecule has 2 N–H and O–H groups in total. The molecular weight excluding hydrogens is 311 g/mol. The van der Waals surface area contributed by atoms with Crippen molar-refractivity contribution in [1.82, 2.24) is 10.5 Å². The van der Waals surface area contributed by atoms with Crippen LogP contribution >= 0.6 is 0 Å². The first-order chi connectivity index (χ1) is 10.9. The molecule has 2 rings (SSSR count). The summed E-state index contributed by atoms with van der Waals surface area (Å²) in [6.45, 7) is 2.11. The number of hydrogen-bond acceptors (Lipinski definition) is 3. The minimum atomic E-state index is -4.52. The van der Waals surface area contributed by atoms with E-state index < -0.39 is 17.8 Å². The van der Waals surface area contributed by atoms with Gasteiger partial charge in [0.1, 0.15) is 5.76 Å². The van der Waals surface area contributed by atoms with Crippen LogP contribution in [0.15, 0.2) is 34.9 Å². The van der Waals surface area contributed by atoms with Gasteiger partial charge in [-0.15, -0.1) is 0 Å². The highest BCUT2D eigenvalue weighted by Gasteiger charge is 2.33. The van der Waals surface area contributed by atoms with Crippen molar-refractivity contribution in [3.63, 3.8) is 0 Å². The third kappa shape index (κ3) is 5.01. The van der Waals surface area contributed by atoms with Crippen LogP contribution in [-0.2, 0) is 12.6 Å². The number of rotatable bonds is 5. The number of carbonyl (C=O) groups excluding carboxylic acids is 1. The van der Waals surface area contributed by atoms with E-state index in [9.17, 15) is 18.0 Å². The molecule has 5 nitrogen and oxygen atoms in total. The number of alkyl halides is 3. The van der Waals surface area contributed by atoms with E-state index >= 15 is 0 Å². The van der Waals surface area contributed by atoms with Crippen molar-refractivity contribution in [3.8, 4) is 0 Å². The van der Waals surface area contributed by atoms with Gasteiger partial charge in [-0.2, -0.15) is 13.2 Å².